The molecule has 2 aliphatic rings. The van der Waals surface area contributed by atoms with E-state index in [-0.39, 0.29) is 11.2 Å². The first-order valence-electron chi connectivity index (χ1n) is 11.2. The molecular weight excluding hydrogens is 366 g/mol. The maximum absolute atomic E-state index is 13.7. The minimum absolute atomic E-state index is 0.193. The Bertz CT molecular complexity index is 968. The van der Waals surface area contributed by atoms with Crippen molar-refractivity contribution < 1.29 is 4.79 Å². The Balaban J connectivity index is 1.81. The van der Waals surface area contributed by atoms with Gasteiger partial charge in [-0.3, -0.25) is 9.69 Å². The molecule has 1 saturated heterocycles. The fourth-order valence-corrected chi connectivity index (χ4v) is 5.56. The number of carbonyl (C=O) groups excluding carboxylic acids is 1. The first kappa shape index (κ1) is 20.8. The number of hydrogen-bond acceptors (Lipinski definition) is 2. The smallest absolute Gasteiger partial charge is 0.182 e. The van der Waals surface area contributed by atoms with Gasteiger partial charge in [0.1, 0.15) is 0 Å². The lowest BCUT2D eigenvalue weighted by Crippen LogP contribution is -2.52. The molecule has 1 aliphatic carbocycles. The van der Waals surface area contributed by atoms with E-state index < -0.39 is 5.54 Å². The van der Waals surface area contributed by atoms with E-state index in [1.165, 1.54) is 41.5 Å². The van der Waals surface area contributed by atoms with Crippen LogP contribution in [0.4, 0.5) is 0 Å². The van der Waals surface area contributed by atoms with Crippen LogP contribution in [0.2, 0.25) is 0 Å². The molecule has 0 aromatic heterocycles. The van der Waals surface area contributed by atoms with Crippen LogP contribution in [-0.2, 0) is 5.41 Å². The second kappa shape index (κ2) is 8.00. The number of Topliss-reactive ketones (excluding diaryl/α,β-unsaturated/α-hetero) is 1. The highest BCUT2D eigenvalue weighted by molar-refractivity contribution is 6.03. The Hall–Kier alpha value is -2.45. The van der Waals surface area contributed by atoms with Crippen molar-refractivity contribution in [1.82, 2.24) is 4.90 Å². The molecule has 4 rings (SSSR count). The molecule has 2 heteroatoms. The summed E-state index contributed by atoms with van der Waals surface area (Å²) in [6.45, 7) is 14.3. The summed E-state index contributed by atoms with van der Waals surface area (Å²) in [5.74, 6) is 0.217. The summed E-state index contributed by atoms with van der Waals surface area (Å²) in [5.41, 5.74) is 5.20. The van der Waals surface area contributed by atoms with Gasteiger partial charge in [-0.2, -0.15) is 0 Å². The zero-order valence-corrected chi connectivity index (χ0v) is 18.4. The van der Waals surface area contributed by atoms with Crippen molar-refractivity contribution in [2.45, 2.75) is 56.9 Å². The zero-order valence-electron chi connectivity index (χ0n) is 18.4. The van der Waals surface area contributed by atoms with E-state index in [2.05, 4.69) is 68.3 Å². The van der Waals surface area contributed by atoms with Gasteiger partial charge in [0.25, 0.3) is 0 Å². The van der Waals surface area contributed by atoms with Crippen LogP contribution in [-0.4, -0.2) is 29.3 Å². The van der Waals surface area contributed by atoms with Crippen molar-refractivity contribution in [3.05, 3.63) is 84.5 Å². The van der Waals surface area contributed by atoms with Crippen molar-refractivity contribution in [2.75, 3.05) is 13.1 Å². The van der Waals surface area contributed by atoms with Crippen LogP contribution in [0.25, 0.3) is 11.1 Å². The van der Waals surface area contributed by atoms with E-state index in [4.69, 9.17) is 0 Å². The number of benzene rings is 2. The summed E-state index contributed by atoms with van der Waals surface area (Å²) >= 11 is 0. The van der Waals surface area contributed by atoms with E-state index in [1.54, 1.807) is 0 Å². The summed E-state index contributed by atoms with van der Waals surface area (Å²) in [6, 6.07) is 15.0. The largest absolute Gasteiger partial charge is 0.292 e. The van der Waals surface area contributed by atoms with E-state index in [0.29, 0.717) is 0 Å². The third kappa shape index (κ3) is 3.18. The van der Waals surface area contributed by atoms with Gasteiger partial charge in [-0.05, 0) is 80.9 Å². The average molecular weight is 400 g/mol. The van der Waals surface area contributed by atoms with Gasteiger partial charge in [-0.25, -0.2) is 0 Å². The first-order chi connectivity index (χ1) is 14.5. The van der Waals surface area contributed by atoms with E-state index in [1.807, 2.05) is 18.2 Å². The summed E-state index contributed by atoms with van der Waals surface area (Å²) in [4.78, 5) is 16.0. The Kier molecular flexibility index (Phi) is 5.55. The monoisotopic (exact) mass is 399 g/mol. The first-order valence-corrected chi connectivity index (χ1v) is 11.2. The molecule has 2 nitrogen and oxygen atoms in total. The minimum Gasteiger partial charge on any atom is -0.292 e. The molecule has 0 saturated carbocycles. The van der Waals surface area contributed by atoms with Gasteiger partial charge in [0.2, 0.25) is 0 Å². The van der Waals surface area contributed by atoms with Crippen molar-refractivity contribution in [1.29, 1.82) is 0 Å². The molecule has 0 radical (unpaired) electrons. The number of piperidine rings is 1. The van der Waals surface area contributed by atoms with Crippen molar-refractivity contribution in [3.63, 3.8) is 0 Å². The van der Waals surface area contributed by atoms with Gasteiger partial charge in [-0.15, -0.1) is 13.2 Å². The second-order valence-corrected chi connectivity index (χ2v) is 9.31. The predicted molar refractivity (Wildman–Crippen MR) is 126 cm³/mol. The molecule has 0 spiro atoms. The Morgan fingerprint density at radius 2 is 1.60 bits per heavy atom. The lowest BCUT2D eigenvalue weighted by Gasteiger charge is -2.40. The molecule has 30 heavy (non-hydrogen) atoms. The maximum Gasteiger partial charge on any atom is 0.182 e. The van der Waals surface area contributed by atoms with Gasteiger partial charge in [0.15, 0.2) is 5.78 Å². The predicted octanol–water partition coefficient (Wildman–Crippen LogP) is 6.55. The van der Waals surface area contributed by atoms with Crippen molar-refractivity contribution in [3.8, 4) is 11.1 Å². The molecule has 0 bridgehead atoms. The van der Waals surface area contributed by atoms with Crippen molar-refractivity contribution in [2.24, 2.45) is 0 Å². The molecule has 1 aliphatic heterocycles. The van der Waals surface area contributed by atoms with Gasteiger partial charge >= 0.3 is 0 Å². The number of likely N-dealkylation sites (tertiary alicyclic amines) is 1. The lowest BCUT2D eigenvalue weighted by molar-refractivity contribution is 0.0579. The lowest BCUT2D eigenvalue weighted by atomic mass is 9.72. The Labute approximate surface area is 181 Å². The van der Waals surface area contributed by atoms with Crippen LogP contribution in [0.15, 0.2) is 67.8 Å². The van der Waals surface area contributed by atoms with Crippen LogP contribution in [0.5, 0.6) is 0 Å². The summed E-state index contributed by atoms with van der Waals surface area (Å²) in [5, 5.41) is 0. The number of hydrogen-bond donors (Lipinski definition) is 0. The maximum atomic E-state index is 13.7. The highest BCUT2D eigenvalue weighted by Gasteiger charge is 2.42. The normalized spacial score (nSPS) is 17.8. The van der Waals surface area contributed by atoms with Crippen LogP contribution in [0, 0.1) is 0 Å². The van der Waals surface area contributed by atoms with E-state index >= 15 is 0 Å². The highest BCUT2D eigenvalue weighted by atomic mass is 16.1. The van der Waals surface area contributed by atoms with Gasteiger partial charge in [-0.1, -0.05) is 55.0 Å². The number of carbonyl (C=O) groups is 1. The molecule has 0 unspecified atom stereocenters. The summed E-state index contributed by atoms with van der Waals surface area (Å²) in [7, 11) is 0. The third-order valence-corrected chi connectivity index (χ3v) is 7.22. The summed E-state index contributed by atoms with van der Waals surface area (Å²) in [6.07, 6.45) is 9.29. The van der Waals surface area contributed by atoms with E-state index in [0.717, 1.165) is 31.5 Å². The fraction of sp³-hybridized carbons (Fsp3) is 0.393. The Morgan fingerprint density at radius 3 is 2.27 bits per heavy atom. The van der Waals surface area contributed by atoms with Crippen LogP contribution >= 0.6 is 0 Å². The quantitative estimate of drug-likeness (QED) is 0.388. The molecule has 1 heterocycles. The fourth-order valence-electron chi connectivity index (χ4n) is 5.56. The molecule has 2 aromatic rings. The van der Waals surface area contributed by atoms with Crippen molar-refractivity contribution >= 4 is 5.78 Å². The highest BCUT2D eigenvalue weighted by Crippen LogP contribution is 2.53. The molecule has 1 fully saturated rings. The average Bonchev–Trinajstić information content (AvgIpc) is 3.04. The second-order valence-electron chi connectivity index (χ2n) is 9.31. The molecule has 0 amide bonds. The van der Waals surface area contributed by atoms with Crippen LogP contribution < -0.4 is 0 Å². The minimum atomic E-state index is -0.486. The van der Waals surface area contributed by atoms with Gasteiger partial charge in [0, 0.05) is 11.0 Å². The number of fused-ring (bicyclic) bond motifs is 3. The molecule has 0 N–H and O–H groups in total. The third-order valence-electron chi connectivity index (χ3n) is 7.22. The number of ketones is 1. The number of allylic oxidation sites excluding steroid dienone is 2. The molecule has 0 atom stereocenters. The zero-order chi connectivity index (χ0) is 21.4. The SMILES string of the molecule is C=CCC1(CC=C)c2ccccc2-c2ccc(C(=O)C(C)(C)N3CCCCC3)cc21. The van der Waals surface area contributed by atoms with Crippen LogP contribution in [0.3, 0.4) is 0 Å². The molecule has 156 valence electrons. The summed E-state index contributed by atoms with van der Waals surface area (Å²) < 4.78 is 0. The van der Waals surface area contributed by atoms with Gasteiger partial charge in [0.05, 0.1) is 5.54 Å². The molecule has 2 aromatic carbocycles. The Morgan fingerprint density at radius 1 is 0.967 bits per heavy atom. The standard InChI is InChI=1S/C28H33NO/c1-5-16-28(17-6-2)24-13-9-8-12-22(24)23-15-14-21(20-25(23)28)26(30)27(3,4)29-18-10-7-11-19-29/h5-6,8-9,12-15,20H,1-2,7,10-11,16-19H2,3-4H3. The topological polar surface area (TPSA) is 20.3 Å². The molecular formula is C28H33NO. The number of rotatable bonds is 7. The number of nitrogens with zero attached hydrogens (tertiary/aromatic N) is 1. The van der Waals surface area contributed by atoms with Gasteiger partial charge < -0.3 is 0 Å². The van der Waals surface area contributed by atoms with Crippen LogP contribution in [0.1, 0.15) is 67.4 Å². The van der Waals surface area contributed by atoms with E-state index in [9.17, 15) is 4.79 Å².